The molecule has 14 heteroatoms. The van der Waals surface area contributed by atoms with Crippen molar-refractivity contribution in [2.45, 2.75) is 134 Å². The van der Waals surface area contributed by atoms with Gasteiger partial charge >= 0.3 is 0 Å². The molecule has 0 unspecified atom stereocenters. The van der Waals surface area contributed by atoms with E-state index in [2.05, 4.69) is 38.2 Å². The Hall–Kier alpha value is -5.21. The monoisotopic (exact) mass is 800 g/mol. The van der Waals surface area contributed by atoms with E-state index < -0.39 is 47.8 Å². The van der Waals surface area contributed by atoms with Crippen molar-refractivity contribution in [3.8, 4) is 0 Å². The van der Waals surface area contributed by atoms with Gasteiger partial charge in [-0.3, -0.25) is 24.0 Å². The second kappa shape index (κ2) is 24.5. The number of primary amides is 1. The van der Waals surface area contributed by atoms with Gasteiger partial charge in [0, 0.05) is 53.5 Å². The summed E-state index contributed by atoms with van der Waals surface area (Å²) < 4.78 is 0. The molecule has 4 atom stereocenters. The summed E-state index contributed by atoms with van der Waals surface area (Å²) in [6, 6.07) is 11.1. The van der Waals surface area contributed by atoms with Gasteiger partial charge in [0.1, 0.15) is 24.2 Å². The Morgan fingerprint density at radius 3 is 1.53 bits per heavy atom. The fraction of sp³-hybridized carbons (Fsp3) is 0.523. The van der Waals surface area contributed by atoms with Crippen molar-refractivity contribution in [3.63, 3.8) is 0 Å². The Kier molecular flexibility index (Phi) is 19.2. The Labute approximate surface area is 342 Å². The Bertz CT molecular complexity index is 1910. The number of carbonyl (C=O) groups excluding carboxylic acids is 5. The van der Waals surface area contributed by atoms with Gasteiger partial charge in [-0.25, -0.2) is 0 Å². The molecule has 0 spiro atoms. The maximum atomic E-state index is 14.2. The van der Waals surface area contributed by atoms with E-state index in [1.165, 1.54) is 19.3 Å². The summed E-state index contributed by atoms with van der Waals surface area (Å²) in [4.78, 5) is 74.5. The van der Waals surface area contributed by atoms with Crippen LogP contribution in [0.25, 0.3) is 21.8 Å². The van der Waals surface area contributed by atoms with Gasteiger partial charge in [0.05, 0.1) is 0 Å². The molecule has 0 radical (unpaired) electrons. The maximum Gasteiger partial charge on any atom is 0.243 e. The SMILES string of the molecule is CCCCCCCCCC(=O)N[C@@H](CCCCN)C(=O)N[C@@H](CCCCN)C(=O)N[C@@H](Cc1c[nH]c2ccccc12)C(=O)N[C@@H](Cc1c[nH]c2ccccc12)C(N)=O. The van der Waals surface area contributed by atoms with E-state index in [0.717, 1.165) is 58.6 Å². The average Bonchev–Trinajstić information content (AvgIpc) is 3.83. The smallest absolute Gasteiger partial charge is 0.243 e. The highest BCUT2D eigenvalue weighted by Gasteiger charge is 2.32. The first-order chi connectivity index (χ1) is 28.1. The van der Waals surface area contributed by atoms with Crippen molar-refractivity contribution in [2.75, 3.05) is 13.1 Å². The zero-order chi connectivity index (χ0) is 41.7. The third kappa shape index (κ3) is 14.3. The van der Waals surface area contributed by atoms with Crippen LogP contribution in [0.1, 0.15) is 108 Å². The number of benzene rings is 2. The summed E-state index contributed by atoms with van der Waals surface area (Å²) in [5, 5.41) is 13.3. The largest absolute Gasteiger partial charge is 0.368 e. The van der Waals surface area contributed by atoms with Gasteiger partial charge in [-0.1, -0.05) is 81.8 Å². The number of amides is 5. The van der Waals surface area contributed by atoms with Crippen LogP contribution in [0.2, 0.25) is 0 Å². The van der Waals surface area contributed by atoms with Gasteiger partial charge in [-0.05, 0) is 81.3 Å². The minimum Gasteiger partial charge on any atom is -0.368 e. The van der Waals surface area contributed by atoms with Crippen molar-refractivity contribution in [1.82, 2.24) is 31.2 Å². The number of para-hydroxylation sites is 2. The molecule has 2 aromatic heterocycles. The van der Waals surface area contributed by atoms with Crippen LogP contribution >= 0.6 is 0 Å². The molecule has 4 aromatic rings. The predicted molar refractivity (Wildman–Crippen MR) is 229 cm³/mol. The van der Waals surface area contributed by atoms with E-state index in [1.807, 2.05) is 48.5 Å². The summed E-state index contributed by atoms with van der Waals surface area (Å²) in [5.41, 5.74) is 20.7. The highest BCUT2D eigenvalue weighted by atomic mass is 16.2. The molecule has 2 aromatic carbocycles. The number of rotatable bonds is 28. The topological polar surface area (TPSA) is 243 Å². The molecule has 2 heterocycles. The minimum absolute atomic E-state index is 0.0833. The van der Waals surface area contributed by atoms with Crippen LogP contribution in [0, 0.1) is 0 Å². The molecular weight excluding hydrogens is 735 g/mol. The Morgan fingerprint density at radius 1 is 0.552 bits per heavy atom. The molecule has 0 saturated heterocycles. The van der Waals surface area contributed by atoms with Crippen LogP contribution in [0.15, 0.2) is 60.9 Å². The number of H-pyrrole nitrogens is 2. The van der Waals surface area contributed by atoms with E-state index in [0.29, 0.717) is 51.6 Å². The van der Waals surface area contributed by atoms with Gasteiger partial charge in [0.2, 0.25) is 29.5 Å². The predicted octanol–water partition coefficient (Wildman–Crippen LogP) is 4.26. The van der Waals surface area contributed by atoms with Crippen molar-refractivity contribution in [1.29, 1.82) is 0 Å². The number of aromatic amines is 2. The highest BCUT2D eigenvalue weighted by Crippen LogP contribution is 2.21. The zero-order valence-corrected chi connectivity index (χ0v) is 34.1. The van der Waals surface area contributed by atoms with Crippen LogP contribution in [-0.2, 0) is 36.8 Å². The lowest BCUT2D eigenvalue weighted by Crippen LogP contribution is -2.58. The molecule has 0 aliphatic rings. The minimum atomic E-state index is -1.15. The third-order valence-corrected chi connectivity index (χ3v) is 10.7. The number of fused-ring (bicyclic) bond motifs is 2. The van der Waals surface area contributed by atoms with Crippen molar-refractivity contribution < 1.29 is 24.0 Å². The van der Waals surface area contributed by atoms with Gasteiger partial charge < -0.3 is 48.4 Å². The number of carbonyl (C=O) groups is 5. The summed E-state index contributed by atoms with van der Waals surface area (Å²) in [5.74, 6) is -2.60. The van der Waals surface area contributed by atoms with Gasteiger partial charge in [-0.2, -0.15) is 0 Å². The molecule has 58 heavy (non-hydrogen) atoms. The van der Waals surface area contributed by atoms with Gasteiger partial charge in [0.15, 0.2) is 0 Å². The van der Waals surface area contributed by atoms with Crippen LogP contribution < -0.4 is 38.5 Å². The maximum absolute atomic E-state index is 14.2. The van der Waals surface area contributed by atoms with E-state index in [1.54, 1.807) is 12.4 Å². The van der Waals surface area contributed by atoms with Crippen LogP contribution in [-0.4, -0.2) is 76.8 Å². The molecule has 316 valence electrons. The van der Waals surface area contributed by atoms with Crippen LogP contribution in [0.4, 0.5) is 0 Å². The number of nitrogens with two attached hydrogens (primary N) is 3. The summed E-state index contributed by atoms with van der Waals surface area (Å²) in [6.07, 6.45) is 14.6. The fourth-order valence-corrected chi connectivity index (χ4v) is 7.32. The van der Waals surface area contributed by atoms with E-state index in [9.17, 15) is 24.0 Å². The highest BCUT2D eigenvalue weighted by molar-refractivity contribution is 5.96. The van der Waals surface area contributed by atoms with Crippen molar-refractivity contribution >= 4 is 51.3 Å². The number of unbranched alkanes of at least 4 members (excludes halogenated alkanes) is 8. The van der Waals surface area contributed by atoms with Crippen molar-refractivity contribution in [3.05, 3.63) is 72.1 Å². The summed E-state index contributed by atoms with van der Waals surface area (Å²) in [6.45, 7) is 3.02. The van der Waals surface area contributed by atoms with Crippen molar-refractivity contribution in [2.24, 2.45) is 17.2 Å². The normalized spacial score (nSPS) is 13.4. The first kappa shape index (κ1) is 45.5. The number of hydrogen-bond donors (Lipinski definition) is 9. The molecule has 0 saturated carbocycles. The molecule has 5 amide bonds. The second-order valence-electron chi connectivity index (χ2n) is 15.3. The van der Waals surface area contributed by atoms with E-state index in [-0.39, 0.29) is 25.2 Å². The average molecular weight is 800 g/mol. The number of hydrogen-bond acceptors (Lipinski definition) is 7. The van der Waals surface area contributed by atoms with E-state index in [4.69, 9.17) is 17.2 Å². The number of nitrogens with one attached hydrogen (secondary N) is 6. The first-order valence-corrected chi connectivity index (χ1v) is 21.1. The second-order valence-corrected chi connectivity index (χ2v) is 15.3. The number of aromatic nitrogens is 2. The lowest BCUT2D eigenvalue weighted by molar-refractivity contribution is -0.134. The fourth-order valence-electron chi connectivity index (χ4n) is 7.32. The summed E-state index contributed by atoms with van der Waals surface area (Å²) in [7, 11) is 0. The molecule has 12 N–H and O–H groups in total. The summed E-state index contributed by atoms with van der Waals surface area (Å²) >= 11 is 0. The zero-order valence-electron chi connectivity index (χ0n) is 34.1. The lowest BCUT2D eigenvalue weighted by atomic mass is 10.0. The molecule has 0 bridgehead atoms. The molecule has 14 nitrogen and oxygen atoms in total. The molecule has 0 aliphatic heterocycles. The molecule has 0 aliphatic carbocycles. The first-order valence-electron chi connectivity index (χ1n) is 21.1. The third-order valence-electron chi connectivity index (χ3n) is 10.7. The molecule has 0 fully saturated rings. The van der Waals surface area contributed by atoms with Crippen LogP contribution in [0.5, 0.6) is 0 Å². The Balaban J connectivity index is 1.52. The lowest BCUT2D eigenvalue weighted by Gasteiger charge is -2.26. The Morgan fingerprint density at radius 2 is 1.00 bits per heavy atom. The standard InChI is InChI=1S/C44H65N9O5/c1-2-3-4-5-6-7-8-23-40(54)50-36(21-13-15-24-45)42(56)51-37(22-14-16-25-46)43(57)53-39(27-31-29-49-35-20-12-10-18-33(31)35)44(58)52-38(41(47)55)26-30-28-48-34-19-11-9-17-32(30)34/h9-12,17-20,28-29,36-39,48-49H,2-8,13-16,21-27,45-46H2,1H3,(H2,47,55)(H,50,54)(H,51,56)(H,52,58)(H,53,57)/t36-,37-,38-,39-/m0/s1. The molecule has 4 rings (SSSR count). The van der Waals surface area contributed by atoms with Crippen LogP contribution in [0.3, 0.4) is 0 Å². The molecular formula is C44H65N9O5. The van der Waals surface area contributed by atoms with E-state index >= 15 is 0 Å². The van der Waals surface area contributed by atoms with Gasteiger partial charge in [0.25, 0.3) is 0 Å². The van der Waals surface area contributed by atoms with Gasteiger partial charge in [-0.15, -0.1) is 0 Å². The quantitative estimate of drug-likeness (QED) is 0.0378.